The van der Waals surface area contributed by atoms with E-state index in [1.807, 2.05) is 0 Å². The van der Waals surface area contributed by atoms with Crippen molar-refractivity contribution in [3.63, 3.8) is 0 Å². The third kappa shape index (κ3) is 3.44. The standard InChI is InChI=1S/C34H30BNO2/c1-33(2)34(3,4)38-35(37-33)24-18-20-32-29(22-24)28-16-10-11-17-30(28)36(32)31-21-19-25(23-12-6-5-7-13-23)26-14-8-9-15-27(26)31/h5-22H,1-4H3. The number of hydrogen-bond donors (Lipinski definition) is 0. The van der Waals surface area contributed by atoms with Gasteiger partial charge in [0.25, 0.3) is 0 Å². The number of benzene rings is 5. The first-order chi connectivity index (χ1) is 18.3. The SMILES string of the molecule is CC1(C)OB(c2ccc3c(c2)c2ccccc2n3-c2ccc(-c3ccccc3)c3ccccc23)OC1(C)C. The highest BCUT2D eigenvalue weighted by Gasteiger charge is 2.51. The molecule has 0 spiro atoms. The van der Waals surface area contributed by atoms with Crippen LogP contribution in [0.1, 0.15) is 27.7 Å². The van der Waals surface area contributed by atoms with Gasteiger partial charge in [-0.25, -0.2) is 0 Å². The molecule has 0 unspecified atom stereocenters. The van der Waals surface area contributed by atoms with Crippen LogP contribution in [0.5, 0.6) is 0 Å². The van der Waals surface area contributed by atoms with Crippen LogP contribution in [0.15, 0.2) is 109 Å². The van der Waals surface area contributed by atoms with E-state index in [2.05, 4.69) is 141 Å². The van der Waals surface area contributed by atoms with Crippen molar-refractivity contribution in [2.45, 2.75) is 38.9 Å². The van der Waals surface area contributed by atoms with Gasteiger partial charge in [-0.15, -0.1) is 0 Å². The van der Waals surface area contributed by atoms with E-state index in [0.717, 1.165) is 5.46 Å². The van der Waals surface area contributed by atoms with E-state index < -0.39 is 7.12 Å². The van der Waals surface area contributed by atoms with Crippen molar-refractivity contribution in [3.05, 3.63) is 109 Å². The van der Waals surface area contributed by atoms with Gasteiger partial charge in [-0.1, -0.05) is 91.0 Å². The Morgan fingerprint density at radius 3 is 1.89 bits per heavy atom. The van der Waals surface area contributed by atoms with Crippen LogP contribution in [-0.2, 0) is 9.31 Å². The highest BCUT2D eigenvalue weighted by atomic mass is 16.7. The Morgan fingerprint density at radius 2 is 1.16 bits per heavy atom. The molecule has 1 saturated heterocycles. The maximum absolute atomic E-state index is 6.39. The summed E-state index contributed by atoms with van der Waals surface area (Å²) in [6, 6.07) is 39.1. The molecule has 7 rings (SSSR count). The molecule has 0 saturated carbocycles. The van der Waals surface area contributed by atoms with Crippen molar-refractivity contribution in [1.82, 2.24) is 4.57 Å². The highest BCUT2D eigenvalue weighted by Crippen LogP contribution is 2.39. The van der Waals surface area contributed by atoms with Crippen molar-refractivity contribution in [3.8, 4) is 16.8 Å². The minimum absolute atomic E-state index is 0.375. The second kappa shape index (κ2) is 8.32. The van der Waals surface area contributed by atoms with E-state index in [1.165, 1.54) is 49.4 Å². The summed E-state index contributed by atoms with van der Waals surface area (Å²) in [4.78, 5) is 0. The first kappa shape index (κ1) is 23.3. The molecule has 0 aliphatic carbocycles. The Kier molecular flexibility index (Phi) is 5.10. The van der Waals surface area contributed by atoms with Crippen LogP contribution in [-0.4, -0.2) is 22.9 Å². The summed E-state index contributed by atoms with van der Waals surface area (Å²) in [5, 5.41) is 4.89. The average Bonchev–Trinajstić information content (AvgIpc) is 3.37. The molecule has 1 aliphatic heterocycles. The molecule has 186 valence electrons. The van der Waals surface area contributed by atoms with Gasteiger partial charge < -0.3 is 13.9 Å². The molecule has 6 aromatic rings. The zero-order valence-corrected chi connectivity index (χ0v) is 22.2. The Balaban J connectivity index is 1.45. The summed E-state index contributed by atoms with van der Waals surface area (Å²) < 4.78 is 15.2. The number of rotatable bonds is 3. The second-order valence-corrected chi connectivity index (χ2v) is 11.3. The summed E-state index contributed by atoms with van der Waals surface area (Å²) >= 11 is 0. The van der Waals surface area contributed by atoms with E-state index >= 15 is 0 Å². The molecule has 4 heteroatoms. The predicted molar refractivity (Wildman–Crippen MR) is 159 cm³/mol. The quantitative estimate of drug-likeness (QED) is 0.233. The van der Waals surface area contributed by atoms with Crippen LogP contribution in [0.25, 0.3) is 49.4 Å². The maximum Gasteiger partial charge on any atom is 0.494 e. The van der Waals surface area contributed by atoms with Gasteiger partial charge in [0.1, 0.15) is 0 Å². The van der Waals surface area contributed by atoms with Crippen LogP contribution in [0.3, 0.4) is 0 Å². The van der Waals surface area contributed by atoms with Gasteiger partial charge in [-0.05, 0) is 67.9 Å². The molecule has 0 radical (unpaired) electrons. The van der Waals surface area contributed by atoms with Gasteiger partial charge in [0, 0.05) is 16.2 Å². The van der Waals surface area contributed by atoms with Crippen LogP contribution in [0, 0.1) is 0 Å². The largest absolute Gasteiger partial charge is 0.494 e. The van der Waals surface area contributed by atoms with Gasteiger partial charge >= 0.3 is 7.12 Å². The number of fused-ring (bicyclic) bond motifs is 4. The molecule has 1 fully saturated rings. The zero-order chi connectivity index (χ0) is 26.1. The molecule has 0 amide bonds. The number of aromatic nitrogens is 1. The van der Waals surface area contributed by atoms with E-state index in [1.54, 1.807) is 0 Å². The number of para-hydroxylation sites is 1. The van der Waals surface area contributed by atoms with Gasteiger partial charge in [0.2, 0.25) is 0 Å². The lowest BCUT2D eigenvalue weighted by Gasteiger charge is -2.32. The lowest BCUT2D eigenvalue weighted by molar-refractivity contribution is 0.00578. The summed E-state index contributed by atoms with van der Waals surface area (Å²) in [6.45, 7) is 8.40. The van der Waals surface area contributed by atoms with E-state index in [4.69, 9.17) is 9.31 Å². The molecule has 1 aliphatic rings. The van der Waals surface area contributed by atoms with Gasteiger partial charge in [-0.2, -0.15) is 0 Å². The third-order valence-corrected chi connectivity index (χ3v) is 8.45. The summed E-state index contributed by atoms with van der Waals surface area (Å²) in [5.74, 6) is 0. The summed E-state index contributed by atoms with van der Waals surface area (Å²) in [6.07, 6.45) is 0. The summed E-state index contributed by atoms with van der Waals surface area (Å²) in [5.41, 5.74) is 6.30. The molecule has 5 aromatic carbocycles. The molecule has 1 aromatic heterocycles. The first-order valence-corrected chi connectivity index (χ1v) is 13.3. The van der Waals surface area contributed by atoms with Gasteiger partial charge in [0.15, 0.2) is 0 Å². The van der Waals surface area contributed by atoms with Crippen molar-refractivity contribution in [2.24, 2.45) is 0 Å². The molecular formula is C34H30BNO2. The Bertz CT molecular complexity index is 1820. The minimum atomic E-state index is -0.391. The van der Waals surface area contributed by atoms with Crippen LogP contribution < -0.4 is 5.46 Å². The minimum Gasteiger partial charge on any atom is -0.399 e. The highest BCUT2D eigenvalue weighted by molar-refractivity contribution is 6.62. The fourth-order valence-corrected chi connectivity index (χ4v) is 5.72. The average molecular weight is 495 g/mol. The maximum atomic E-state index is 6.39. The smallest absolute Gasteiger partial charge is 0.399 e. The van der Waals surface area contributed by atoms with Crippen molar-refractivity contribution in [1.29, 1.82) is 0 Å². The van der Waals surface area contributed by atoms with E-state index in [0.29, 0.717) is 0 Å². The molecular weight excluding hydrogens is 465 g/mol. The molecule has 38 heavy (non-hydrogen) atoms. The molecule has 0 atom stereocenters. The first-order valence-electron chi connectivity index (χ1n) is 13.3. The van der Waals surface area contributed by atoms with Crippen molar-refractivity contribution in [2.75, 3.05) is 0 Å². The second-order valence-electron chi connectivity index (χ2n) is 11.3. The molecule has 0 bridgehead atoms. The number of nitrogens with zero attached hydrogens (tertiary/aromatic N) is 1. The Labute approximate surface area is 223 Å². The van der Waals surface area contributed by atoms with Gasteiger partial charge in [0.05, 0.1) is 27.9 Å². The monoisotopic (exact) mass is 495 g/mol. The van der Waals surface area contributed by atoms with E-state index in [9.17, 15) is 0 Å². The van der Waals surface area contributed by atoms with Crippen LogP contribution in [0.4, 0.5) is 0 Å². The molecule has 0 N–H and O–H groups in total. The fourth-order valence-electron chi connectivity index (χ4n) is 5.72. The van der Waals surface area contributed by atoms with E-state index in [-0.39, 0.29) is 11.2 Å². The lowest BCUT2D eigenvalue weighted by Crippen LogP contribution is -2.41. The predicted octanol–water partition coefficient (Wildman–Crippen LogP) is 7.90. The molecule has 3 nitrogen and oxygen atoms in total. The van der Waals surface area contributed by atoms with Gasteiger partial charge in [-0.3, -0.25) is 0 Å². The fraction of sp³-hybridized carbons (Fsp3) is 0.176. The van der Waals surface area contributed by atoms with Crippen LogP contribution in [0.2, 0.25) is 0 Å². The Hall–Kier alpha value is -3.86. The Morgan fingerprint density at radius 1 is 0.553 bits per heavy atom. The lowest BCUT2D eigenvalue weighted by atomic mass is 9.78. The normalized spacial score (nSPS) is 16.6. The molecule has 2 heterocycles. The van der Waals surface area contributed by atoms with Crippen LogP contribution >= 0.6 is 0 Å². The number of hydrogen-bond acceptors (Lipinski definition) is 2. The zero-order valence-electron chi connectivity index (χ0n) is 22.2. The third-order valence-electron chi connectivity index (χ3n) is 8.45. The summed E-state index contributed by atoms with van der Waals surface area (Å²) in [7, 11) is -0.391. The van der Waals surface area contributed by atoms with Crippen molar-refractivity contribution < 1.29 is 9.31 Å². The topological polar surface area (TPSA) is 23.4 Å². The van der Waals surface area contributed by atoms with Crippen molar-refractivity contribution >= 4 is 45.2 Å².